The van der Waals surface area contributed by atoms with Crippen molar-refractivity contribution >= 4 is 25.7 Å². The van der Waals surface area contributed by atoms with E-state index in [0.717, 1.165) is 18.2 Å². The molecule has 1 aromatic rings. The minimum Gasteiger partial charge on any atom is -0.381 e. The molecule has 0 saturated carbocycles. The van der Waals surface area contributed by atoms with Gasteiger partial charge in [-0.1, -0.05) is 6.08 Å². The van der Waals surface area contributed by atoms with E-state index in [2.05, 4.69) is 30.8 Å². The maximum absolute atomic E-state index is 11.9. The summed E-state index contributed by atoms with van der Waals surface area (Å²) in [6.07, 6.45) is 1.44. The van der Waals surface area contributed by atoms with Crippen LogP contribution in [0.2, 0.25) is 0 Å². The summed E-state index contributed by atoms with van der Waals surface area (Å²) in [4.78, 5) is 3.23. The first-order valence-electron chi connectivity index (χ1n) is 5.40. The van der Waals surface area contributed by atoms with Gasteiger partial charge in [0.1, 0.15) is 0 Å². The van der Waals surface area contributed by atoms with E-state index in [4.69, 9.17) is 11.1 Å². The molecule has 1 aromatic carbocycles. The Hall–Kier alpha value is -2.72. The van der Waals surface area contributed by atoms with Crippen molar-refractivity contribution in [3.8, 4) is 0 Å². The molecule has 0 unspecified atom stereocenters. The minimum absolute atomic E-state index is 0.00665. The van der Waals surface area contributed by atoms with Crippen LogP contribution in [-0.4, -0.2) is 23.4 Å². The predicted molar refractivity (Wildman–Crippen MR) is 77.8 cm³/mol. The molecule has 0 spiro atoms. The first-order chi connectivity index (χ1) is 10.3. The van der Waals surface area contributed by atoms with E-state index in [-0.39, 0.29) is 12.2 Å². The standard InChI is InChI=1S/C9H9N7O4S2/c1-2-5-12-8-4-3-7(21(17,18)15-13-10)6-9(8)22(19,20)16-14-11/h2-4,6,12H,1,5H2. The highest BCUT2D eigenvalue weighted by Crippen LogP contribution is 2.27. The Bertz CT molecular complexity index is 894. The molecule has 0 bridgehead atoms. The van der Waals surface area contributed by atoms with Gasteiger partial charge in [0.05, 0.1) is 15.5 Å². The summed E-state index contributed by atoms with van der Waals surface area (Å²) in [6.45, 7) is 3.62. The maximum Gasteiger partial charge on any atom is 0.266 e. The summed E-state index contributed by atoms with van der Waals surface area (Å²) in [5, 5.41) is 2.66. The van der Waals surface area contributed by atoms with Gasteiger partial charge in [0, 0.05) is 25.4 Å². The zero-order valence-corrected chi connectivity index (χ0v) is 12.5. The zero-order chi connectivity index (χ0) is 16.8. The number of sulfonamides is 2. The van der Waals surface area contributed by atoms with Crippen LogP contribution in [0, 0.1) is 0 Å². The molecule has 0 fully saturated rings. The van der Waals surface area contributed by atoms with E-state index in [1.165, 1.54) is 6.08 Å². The third-order valence-corrected chi connectivity index (χ3v) is 4.57. The smallest absolute Gasteiger partial charge is 0.266 e. The topological polar surface area (TPSA) is 178 Å². The van der Waals surface area contributed by atoms with Gasteiger partial charge >= 0.3 is 0 Å². The van der Waals surface area contributed by atoms with Crippen molar-refractivity contribution in [1.29, 1.82) is 0 Å². The monoisotopic (exact) mass is 343 g/mol. The molecule has 0 aromatic heterocycles. The van der Waals surface area contributed by atoms with Gasteiger partial charge in [0.15, 0.2) is 0 Å². The molecular formula is C9H9N7O4S2. The van der Waals surface area contributed by atoms with Gasteiger partial charge in [-0.25, -0.2) is 16.8 Å². The van der Waals surface area contributed by atoms with Crippen LogP contribution in [0.1, 0.15) is 0 Å². The lowest BCUT2D eigenvalue weighted by atomic mass is 10.3. The molecule has 13 heteroatoms. The fourth-order valence-corrected chi connectivity index (χ4v) is 3.04. The van der Waals surface area contributed by atoms with E-state index >= 15 is 0 Å². The van der Waals surface area contributed by atoms with Crippen molar-refractivity contribution in [2.24, 2.45) is 9.04 Å². The number of nitrogens with zero attached hydrogens (tertiary/aromatic N) is 6. The van der Waals surface area contributed by atoms with Crippen molar-refractivity contribution in [2.75, 3.05) is 11.9 Å². The molecule has 0 aliphatic carbocycles. The highest BCUT2D eigenvalue weighted by Gasteiger charge is 2.22. The molecule has 0 saturated heterocycles. The van der Waals surface area contributed by atoms with Crippen LogP contribution in [-0.2, 0) is 20.0 Å². The largest absolute Gasteiger partial charge is 0.381 e. The van der Waals surface area contributed by atoms with Crippen LogP contribution < -0.4 is 5.32 Å². The molecule has 0 radical (unpaired) electrons. The first kappa shape index (κ1) is 17.3. The molecule has 0 atom stereocenters. The second-order valence-electron chi connectivity index (χ2n) is 3.62. The highest BCUT2D eigenvalue weighted by atomic mass is 32.2. The summed E-state index contributed by atoms with van der Waals surface area (Å²) >= 11 is 0. The lowest BCUT2D eigenvalue weighted by Crippen LogP contribution is -2.07. The third kappa shape index (κ3) is 3.90. The number of anilines is 1. The average molecular weight is 343 g/mol. The van der Waals surface area contributed by atoms with Crippen molar-refractivity contribution in [3.05, 3.63) is 51.7 Å². The summed E-state index contributed by atoms with van der Waals surface area (Å²) in [6, 6.07) is 2.92. The average Bonchev–Trinajstić information content (AvgIpc) is 2.44. The molecule has 0 heterocycles. The lowest BCUT2D eigenvalue weighted by molar-refractivity contribution is 0.596. The van der Waals surface area contributed by atoms with Gasteiger partial charge in [0.2, 0.25) is 0 Å². The summed E-state index contributed by atoms with van der Waals surface area (Å²) in [5.41, 5.74) is 16.5. The number of benzene rings is 1. The Kier molecular flexibility index (Phi) is 5.38. The second-order valence-corrected chi connectivity index (χ2v) is 6.76. The normalized spacial score (nSPS) is 10.9. The fourth-order valence-electron chi connectivity index (χ4n) is 1.39. The quantitative estimate of drug-likeness (QED) is 0.344. The number of rotatable bonds is 7. The molecule has 1 rings (SSSR count). The van der Waals surface area contributed by atoms with E-state index in [9.17, 15) is 16.8 Å². The van der Waals surface area contributed by atoms with Crippen LogP contribution in [0.3, 0.4) is 0 Å². The van der Waals surface area contributed by atoms with Gasteiger partial charge < -0.3 is 5.32 Å². The Morgan fingerprint density at radius 3 is 2.27 bits per heavy atom. The predicted octanol–water partition coefficient (Wildman–Crippen LogP) is 2.28. The van der Waals surface area contributed by atoms with Gasteiger partial charge in [0.25, 0.3) is 20.0 Å². The first-order valence-corrected chi connectivity index (χ1v) is 8.28. The molecule has 0 amide bonds. The molecule has 0 aliphatic heterocycles. The second kappa shape index (κ2) is 6.83. The summed E-state index contributed by atoms with van der Waals surface area (Å²) < 4.78 is 52.3. The van der Waals surface area contributed by atoms with Crippen molar-refractivity contribution < 1.29 is 16.8 Å². The number of hydrogen-bond acceptors (Lipinski definition) is 5. The van der Waals surface area contributed by atoms with E-state index in [1.807, 2.05) is 0 Å². The minimum atomic E-state index is -4.46. The maximum atomic E-state index is 11.9. The number of nitrogens with one attached hydrogen (secondary N) is 1. The fraction of sp³-hybridized carbons (Fsp3) is 0.111. The lowest BCUT2D eigenvalue weighted by Gasteiger charge is -2.10. The van der Waals surface area contributed by atoms with Crippen molar-refractivity contribution in [1.82, 2.24) is 0 Å². The third-order valence-electron chi connectivity index (χ3n) is 2.25. The van der Waals surface area contributed by atoms with Crippen molar-refractivity contribution in [3.63, 3.8) is 0 Å². The SMILES string of the molecule is C=CCNc1ccc(S(=O)(=O)N=[N+]=[N-])cc1S(=O)(=O)N=[N+]=[N-]. The molecule has 1 N–H and O–H groups in total. The van der Waals surface area contributed by atoms with Gasteiger partial charge in [-0.15, -0.1) is 6.58 Å². The Labute approximate surface area is 125 Å². The van der Waals surface area contributed by atoms with E-state index in [0.29, 0.717) is 0 Å². The molecule has 116 valence electrons. The Morgan fingerprint density at radius 2 is 1.73 bits per heavy atom. The van der Waals surface area contributed by atoms with Gasteiger partial charge in [-0.05, 0) is 29.3 Å². The number of azide groups is 2. The van der Waals surface area contributed by atoms with E-state index in [1.54, 1.807) is 0 Å². The molecule has 22 heavy (non-hydrogen) atoms. The van der Waals surface area contributed by atoms with Gasteiger partial charge in [-0.3, -0.25) is 0 Å². The van der Waals surface area contributed by atoms with Gasteiger partial charge in [-0.2, -0.15) is 0 Å². The molecule has 11 nitrogen and oxygen atoms in total. The summed E-state index contributed by atoms with van der Waals surface area (Å²) in [5.74, 6) is 0. The van der Waals surface area contributed by atoms with Crippen molar-refractivity contribution in [2.45, 2.75) is 9.79 Å². The van der Waals surface area contributed by atoms with E-state index < -0.39 is 29.8 Å². The summed E-state index contributed by atoms with van der Waals surface area (Å²) in [7, 11) is -8.84. The van der Waals surface area contributed by atoms with Crippen LogP contribution in [0.4, 0.5) is 5.69 Å². The number of hydrogen-bond donors (Lipinski definition) is 1. The Morgan fingerprint density at radius 1 is 1.14 bits per heavy atom. The van der Waals surface area contributed by atoms with Crippen LogP contribution >= 0.6 is 0 Å². The van der Waals surface area contributed by atoms with Crippen LogP contribution in [0.5, 0.6) is 0 Å². The van der Waals surface area contributed by atoms with Crippen LogP contribution in [0.15, 0.2) is 49.7 Å². The van der Waals surface area contributed by atoms with Crippen LogP contribution in [0.25, 0.3) is 20.9 Å². The highest BCUT2D eigenvalue weighted by molar-refractivity contribution is 7.91. The molecule has 0 aliphatic rings. The zero-order valence-electron chi connectivity index (χ0n) is 10.9. The molecular weight excluding hydrogens is 334 g/mol. The Balaban J connectivity index is 3.64.